The van der Waals surface area contributed by atoms with E-state index < -0.39 is 17.8 Å². The van der Waals surface area contributed by atoms with Gasteiger partial charge in [0.15, 0.2) is 0 Å². The Morgan fingerprint density at radius 3 is 2.12 bits per heavy atom. The van der Waals surface area contributed by atoms with E-state index in [0.717, 1.165) is 35.5 Å². The van der Waals surface area contributed by atoms with Crippen LogP contribution in [-0.4, -0.2) is 83.2 Å². The first-order chi connectivity index (χ1) is 11.5. The van der Waals surface area contributed by atoms with Crippen LogP contribution < -0.4 is 0 Å². The molecule has 132 valence electrons. The zero-order valence-electron chi connectivity index (χ0n) is 14.1. The van der Waals surface area contributed by atoms with E-state index >= 15 is 0 Å². The fourth-order valence-electron chi connectivity index (χ4n) is 3.66. The van der Waals surface area contributed by atoms with Crippen molar-refractivity contribution < 1.29 is 19.2 Å². The van der Waals surface area contributed by atoms with Crippen molar-refractivity contribution in [1.29, 1.82) is 0 Å². The Labute approximate surface area is 141 Å². The zero-order chi connectivity index (χ0) is 17.3. The molecule has 1 saturated carbocycles. The quantitative estimate of drug-likeness (QED) is 0.539. The molecule has 2 saturated heterocycles. The van der Waals surface area contributed by atoms with Crippen molar-refractivity contribution in [3.63, 3.8) is 0 Å². The molecule has 1 aliphatic carbocycles. The predicted octanol–water partition coefficient (Wildman–Crippen LogP) is 0.0890. The van der Waals surface area contributed by atoms with E-state index in [-0.39, 0.29) is 18.5 Å². The molecule has 3 fully saturated rings. The lowest BCUT2D eigenvalue weighted by atomic mass is 9.88. The molecule has 24 heavy (non-hydrogen) atoms. The van der Waals surface area contributed by atoms with Crippen LogP contribution >= 0.6 is 0 Å². The van der Waals surface area contributed by atoms with Crippen molar-refractivity contribution in [1.82, 2.24) is 19.6 Å². The highest BCUT2D eigenvalue weighted by Crippen LogP contribution is 2.26. The van der Waals surface area contributed by atoms with Gasteiger partial charge in [0.05, 0.1) is 6.67 Å². The maximum absolute atomic E-state index is 12.5. The van der Waals surface area contributed by atoms with Gasteiger partial charge >= 0.3 is 17.8 Å². The minimum absolute atomic E-state index is 0.110. The Kier molecular flexibility index (Phi) is 4.84. The molecule has 0 bridgehead atoms. The van der Waals surface area contributed by atoms with Crippen LogP contribution in [0.3, 0.4) is 0 Å². The summed E-state index contributed by atoms with van der Waals surface area (Å²) in [5, 5.41) is 0. The Balaban J connectivity index is 1.50. The second-order valence-electron chi connectivity index (χ2n) is 6.80. The minimum Gasteiger partial charge on any atom is -0.340 e. The Hall–Kier alpha value is -1.96. The van der Waals surface area contributed by atoms with E-state index in [1.807, 2.05) is 9.80 Å². The van der Waals surface area contributed by atoms with Gasteiger partial charge in [-0.05, 0) is 12.8 Å². The Morgan fingerprint density at radius 2 is 1.58 bits per heavy atom. The normalized spacial score (nSPS) is 24.2. The van der Waals surface area contributed by atoms with Gasteiger partial charge < -0.3 is 4.90 Å². The second-order valence-corrected chi connectivity index (χ2v) is 6.80. The number of rotatable bonds is 3. The third-order valence-electron chi connectivity index (χ3n) is 5.23. The highest BCUT2D eigenvalue weighted by Gasteiger charge is 2.43. The molecule has 0 aromatic carbocycles. The van der Waals surface area contributed by atoms with Crippen molar-refractivity contribution in [2.75, 3.05) is 39.9 Å². The van der Waals surface area contributed by atoms with Gasteiger partial charge in [-0.3, -0.25) is 24.2 Å². The minimum atomic E-state index is -0.786. The lowest BCUT2D eigenvalue weighted by Gasteiger charge is -2.37. The summed E-state index contributed by atoms with van der Waals surface area (Å²) in [6.45, 7) is 2.53. The predicted molar refractivity (Wildman–Crippen MR) is 84.6 cm³/mol. The van der Waals surface area contributed by atoms with Crippen molar-refractivity contribution in [2.45, 2.75) is 32.1 Å². The summed E-state index contributed by atoms with van der Waals surface area (Å²) in [6, 6.07) is -0.578. The average Bonchev–Trinajstić information content (AvgIpc) is 2.80. The summed E-state index contributed by atoms with van der Waals surface area (Å²) in [5.41, 5.74) is 0. The third-order valence-corrected chi connectivity index (χ3v) is 5.23. The van der Waals surface area contributed by atoms with Crippen molar-refractivity contribution in [3.8, 4) is 0 Å². The Bertz CT molecular complexity index is 550. The molecule has 3 rings (SSSR count). The van der Waals surface area contributed by atoms with Gasteiger partial charge in [-0.25, -0.2) is 9.69 Å². The number of carbonyl (C=O) groups is 4. The number of likely N-dealkylation sites (N-methyl/N-ethyl adjacent to an activating group) is 1. The molecule has 0 atom stereocenters. The molecular weight excluding hydrogens is 312 g/mol. The zero-order valence-corrected chi connectivity index (χ0v) is 14.1. The number of nitrogens with zero attached hydrogens (tertiary/aromatic N) is 4. The summed E-state index contributed by atoms with van der Waals surface area (Å²) in [5.74, 6) is -1.15. The number of imide groups is 2. The highest BCUT2D eigenvalue weighted by molar-refractivity contribution is 6.44. The first kappa shape index (κ1) is 16.9. The van der Waals surface area contributed by atoms with Crippen LogP contribution in [0.2, 0.25) is 0 Å². The maximum Gasteiger partial charge on any atom is 0.335 e. The van der Waals surface area contributed by atoms with Crippen molar-refractivity contribution in [3.05, 3.63) is 0 Å². The van der Waals surface area contributed by atoms with Crippen LogP contribution in [-0.2, 0) is 14.4 Å². The summed E-state index contributed by atoms with van der Waals surface area (Å²) in [6.07, 6.45) is 5.48. The number of hydrogen-bond donors (Lipinski definition) is 0. The monoisotopic (exact) mass is 336 g/mol. The first-order valence-corrected chi connectivity index (χ1v) is 8.63. The lowest BCUT2D eigenvalue weighted by Crippen LogP contribution is -2.53. The number of amides is 5. The van der Waals surface area contributed by atoms with E-state index in [1.54, 1.807) is 0 Å². The van der Waals surface area contributed by atoms with Gasteiger partial charge in [0.2, 0.25) is 5.91 Å². The summed E-state index contributed by atoms with van der Waals surface area (Å²) in [7, 11) is 1.31. The van der Waals surface area contributed by atoms with E-state index in [1.165, 1.54) is 13.5 Å². The van der Waals surface area contributed by atoms with Crippen LogP contribution in [0.5, 0.6) is 0 Å². The van der Waals surface area contributed by atoms with Gasteiger partial charge in [0.25, 0.3) is 0 Å². The summed E-state index contributed by atoms with van der Waals surface area (Å²) in [4.78, 5) is 53.4. The Morgan fingerprint density at radius 1 is 0.958 bits per heavy atom. The van der Waals surface area contributed by atoms with Crippen LogP contribution in [0, 0.1) is 5.92 Å². The van der Waals surface area contributed by atoms with E-state index in [0.29, 0.717) is 26.2 Å². The molecule has 0 aromatic heterocycles. The number of piperazine rings is 1. The molecule has 0 radical (unpaired) electrons. The summed E-state index contributed by atoms with van der Waals surface area (Å²) < 4.78 is 0. The maximum atomic E-state index is 12.5. The molecule has 5 amide bonds. The van der Waals surface area contributed by atoms with Gasteiger partial charge in [0, 0.05) is 39.1 Å². The second kappa shape index (κ2) is 6.88. The molecule has 2 heterocycles. The molecule has 3 aliphatic rings. The van der Waals surface area contributed by atoms with Gasteiger partial charge in [0.1, 0.15) is 0 Å². The highest BCUT2D eigenvalue weighted by atomic mass is 16.2. The van der Waals surface area contributed by atoms with Crippen LogP contribution in [0.15, 0.2) is 0 Å². The lowest BCUT2D eigenvalue weighted by molar-refractivity contribution is -0.144. The smallest absolute Gasteiger partial charge is 0.335 e. The fourth-order valence-corrected chi connectivity index (χ4v) is 3.66. The largest absolute Gasteiger partial charge is 0.340 e. The number of carbonyl (C=O) groups excluding carboxylic acids is 4. The fraction of sp³-hybridized carbons (Fsp3) is 0.750. The standard InChI is InChI=1S/C16H24N4O4/c1-17-14(22)15(23)20(16(17)24)11-18-7-9-19(10-8-18)13(21)12-5-3-2-4-6-12/h12H,2-11H2,1H3. The molecule has 8 heteroatoms. The van der Waals surface area contributed by atoms with E-state index in [9.17, 15) is 19.2 Å². The topological polar surface area (TPSA) is 81.2 Å². The first-order valence-electron chi connectivity index (χ1n) is 8.63. The van der Waals surface area contributed by atoms with E-state index in [2.05, 4.69) is 0 Å². The van der Waals surface area contributed by atoms with Crippen LogP contribution in [0.1, 0.15) is 32.1 Å². The van der Waals surface area contributed by atoms with Gasteiger partial charge in [-0.1, -0.05) is 19.3 Å². The number of hydrogen-bond acceptors (Lipinski definition) is 5. The van der Waals surface area contributed by atoms with Crippen molar-refractivity contribution in [2.24, 2.45) is 5.92 Å². The molecular formula is C16H24N4O4. The van der Waals surface area contributed by atoms with Gasteiger partial charge in [-0.2, -0.15) is 0 Å². The molecule has 0 aromatic rings. The van der Waals surface area contributed by atoms with Crippen molar-refractivity contribution >= 4 is 23.8 Å². The SMILES string of the molecule is CN1C(=O)C(=O)N(CN2CCN(C(=O)C3CCCCC3)CC2)C1=O. The average molecular weight is 336 g/mol. The van der Waals surface area contributed by atoms with Crippen LogP contribution in [0.25, 0.3) is 0 Å². The molecule has 0 spiro atoms. The van der Waals surface area contributed by atoms with Gasteiger partial charge in [-0.15, -0.1) is 0 Å². The third kappa shape index (κ3) is 3.15. The van der Waals surface area contributed by atoms with Crippen LogP contribution in [0.4, 0.5) is 4.79 Å². The number of urea groups is 1. The molecule has 0 N–H and O–H groups in total. The molecule has 2 aliphatic heterocycles. The molecule has 8 nitrogen and oxygen atoms in total. The summed E-state index contributed by atoms with van der Waals surface area (Å²) >= 11 is 0. The van der Waals surface area contributed by atoms with E-state index in [4.69, 9.17) is 0 Å². The molecule has 0 unspecified atom stereocenters.